The van der Waals surface area contributed by atoms with Crippen LogP contribution in [0, 0.1) is 5.92 Å². The Balaban J connectivity index is 1.96. The molecule has 3 rings (SSSR count). The first-order valence-corrected chi connectivity index (χ1v) is 7.76. The zero-order chi connectivity index (χ0) is 13.5. The number of aliphatic imine (C=N–C) groups is 1. The maximum Gasteiger partial charge on any atom is 0.196 e. The number of nitrogens with two attached hydrogens (primary N) is 1. The molecule has 3 nitrogen and oxygen atoms in total. The summed E-state index contributed by atoms with van der Waals surface area (Å²) in [4.78, 5) is 6.81. The van der Waals surface area contributed by atoms with Crippen molar-refractivity contribution in [1.82, 2.24) is 0 Å². The molecular weight excluding hydrogens is 302 g/mol. The Morgan fingerprint density at radius 2 is 2.11 bits per heavy atom. The first-order valence-electron chi connectivity index (χ1n) is 6.96. The van der Waals surface area contributed by atoms with E-state index in [1.807, 2.05) is 0 Å². The molecule has 1 aromatic rings. The first-order chi connectivity index (χ1) is 9.11. The minimum atomic E-state index is 0.121. The largest absolute Gasteiger partial charge is 0.369 e. The van der Waals surface area contributed by atoms with E-state index in [4.69, 9.17) is 5.73 Å². The van der Waals surface area contributed by atoms with Crippen molar-refractivity contribution >= 4 is 27.6 Å². The summed E-state index contributed by atoms with van der Waals surface area (Å²) in [6.07, 6.45) is 4.98. The highest BCUT2D eigenvalue weighted by Gasteiger charge is 2.45. The van der Waals surface area contributed by atoms with Gasteiger partial charge in [-0.1, -0.05) is 35.7 Å². The Morgan fingerprint density at radius 1 is 1.37 bits per heavy atom. The molecule has 102 valence electrons. The van der Waals surface area contributed by atoms with Crippen LogP contribution in [-0.2, 0) is 0 Å². The van der Waals surface area contributed by atoms with Gasteiger partial charge in [-0.25, -0.2) is 0 Å². The Hall–Kier alpha value is -1.03. The minimum absolute atomic E-state index is 0.121. The van der Waals surface area contributed by atoms with E-state index in [1.165, 1.54) is 25.7 Å². The van der Waals surface area contributed by atoms with Crippen molar-refractivity contribution in [3.8, 4) is 0 Å². The molecule has 1 saturated carbocycles. The lowest BCUT2D eigenvalue weighted by Gasteiger charge is -2.44. The normalized spacial score (nSPS) is 30.7. The van der Waals surface area contributed by atoms with E-state index in [1.54, 1.807) is 0 Å². The summed E-state index contributed by atoms with van der Waals surface area (Å²) >= 11 is 3.49. The molecule has 2 N–H and O–H groups in total. The van der Waals surface area contributed by atoms with Gasteiger partial charge in [-0.15, -0.1) is 0 Å². The smallest absolute Gasteiger partial charge is 0.196 e. The second kappa shape index (κ2) is 4.82. The third kappa shape index (κ3) is 2.27. The molecule has 0 aromatic heterocycles. The van der Waals surface area contributed by atoms with Crippen LogP contribution < -0.4 is 10.6 Å². The van der Waals surface area contributed by atoms with Gasteiger partial charge in [0.2, 0.25) is 0 Å². The molecule has 2 aliphatic rings. The lowest BCUT2D eigenvalue weighted by atomic mass is 9.75. The fraction of sp³-hybridized carbons (Fsp3) is 0.533. The average molecular weight is 322 g/mol. The molecule has 0 saturated heterocycles. The standard InChI is InChI=1S/C15H20BrN3/c1-11-3-2-8-15(9-11)10-18-14(17)19(15)13-6-4-12(16)5-7-13/h4-7,11H,2-3,8-10H2,1H3,(H2,17,18). The van der Waals surface area contributed by atoms with Crippen LogP contribution >= 0.6 is 15.9 Å². The van der Waals surface area contributed by atoms with Gasteiger partial charge in [0, 0.05) is 10.2 Å². The number of hydrogen-bond acceptors (Lipinski definition) is 3. The number of benzene rings is 1. The highest BCUT2D eigenvalue weighted by molar-refractivity contribution is 9.10. The van der Waals surface area contributed by atoms with Gasteiger partial charge in [-0.3, -0.25) is 4.99 Å². The Morgan fingerprint density at radius 3 is 2.79 bits per heavy atom. The molecule has 1 heterocycles. The van der Waals surface area contributed by atoms with Crippen LogP contribution in [0.3, 0.4) is 0 Å². The van der Waals surface area contributed by atoms with Crippen molar-refractivity contribution in [3.05, 3.63) is 28.7 Å². The molecular formula is C15H20BrN3. The van der Waals surface area contributed by atoms with E-state index in [9.17, 15) is 0 Å². The van der Waals surface area contributed by atoms with Crippen molar-refractivity contribution in [2.75, 3.05) is 11.4 Å². The molecule has 0 bridgehead atoms. The van der Waals surface area contributed by atoms with E-state index >= 15 is 0 Å². The maximum atomic E-state index is 6.16. The van der Waals surface area contributed by atoms with Crippen molar-refractivity contribution in [3.63, 3.8) is 0 Å². The molecule has 19 heavy (non-hydrogen) atoms. The molecule has 4 heteroatoms. The molecule has 2 unspecified atom stereocenters. The van der Waals surface area contributed by atoms with Crippen LogP contribution in [0.4, 0.5) is 5.69 Å². The highest BCUT2D eigenvalue weighted by Crippen LogP contribution is 2.42. The van der Waals surface area contributed by atoms with E-state index in [2.05, 4.69) is 57.0 Å². The van der Waals surface area contributed by atoms with Crippen LogP contribution in [0.25, 0.3) is 0 Å². The monoisotopic (exact) mass is 321 g/mol. The second-order valence-electron chi connectivity index (χ2n) is 5.91. The maximum absolute atomic E-state index is 6.16. The topological polar surface area (TPSA) is 41.6 Å². The summed E-state index contributed by atoms with van der Waals surface area (Å²) < 4.78 is 1.09. The number of nitrogens with zero attached hydrogens (tertiary/aromatic N) is 2. The van der Waals surface area contributed by atoms with Gasteiger partial charge >= 0.3 is 0 Å². The predicted octanol–water partition coefficient (Wildman–Crippen LogP) is 3.53. The molecule has 0 amide bonds. The zero-order valence-electron chi connectivity index (χ0n) is 11.3. The average Bonchev–Trinajstić information content (AvgIpc) is 2.68. The van der Waals surface area contributed by atoms with Crippen molar-refractivity contribution in [2.45, 2.75) is 38.1 Å². The lowest BCUT2D eigenvalue weighted by molar-refractivity contribution is 0.253. The summed E-state index contributed by atoms with van der Waals surface area (Å²) in [6, 6.07) is 8.39. The first kappa shape index (κ1) is 13.0. The molecule has 0 radical (unpaired) electrons. The summed E-state index contributed by atoms with van der Waals surface area (Å²) in [5.41, 5.74) is 7.45. The van der Waals surface area contributed by atoms with Crippen molar-refractivity contribution in [2.24, 2.45) is 16.6 Å². The van der Waals surface area contributed by atoms with Crippen LogP contribution in [0.15, 0.2) is 33.7 Å². The van der Waals surface area contributed by atoms with Gasteiger partial charge in [0.25, 0.3) is 0 Å². The van der Waals surface area contributed by atoms with Crippen LogP contribution in [-0.4, -0.2) is 18.0 Å². The summed E-state index contributed by atoms with van der Waals surface area (Å²) in [6.45, 7) is 3.19. The third-order valence-corrected chi connectivity index (χ3v) is 4.92. The quantitative estimate of drug-likeness (QED) is 0.859. The number of halogens is 1. The van der Waals surface area contributed by atoms with Crippen LogP contribution in [0.2, 0.25) is 0 Å². The molecule has 1 aliphatic heterocycles. The number of guanidine groups is 1. The zero-order valence-corrected chi connectivity index (χ0v) is 12.9. The summed E-state index contributed by atoms with van der Waals surface area (Å²) in [5.74, 6) is 1.43. The SMILES string of the molecule is CC1CCCC2(CN=C(N)N2c2ccc(Br)cc2)C1. The van der Waals surface area contributed by atoms with Gasteiger partial charge in [0.15, 0.2) is 5.96 Å². The molecule has 2 atom stereocenters. The molecule has 1 aliphatic carbocycles. The van der Waals surface area contributed by atoms with Gasteiger partial charge in [-0.2, -0.15) is 0 Å². The summed E-state index contributed by atoms with van der Waals surface area (Å²) in [5, 5.41) is 0. The van der Waals surface area contributed by atoms with E-state index in [-0.39, 0.29) is 5.54 Å². The van der Waals surface area contributed by atoms with Gasteiger partial charge in [0.05, 0.1) is 12.1 Å². The second-order valence-corrected chi connectivity index (χ2v) is 6.83. The van der Waals surface area contributed by atoms with Crippen LogP contribution in [0.5, 0.6) is 0 Å². The fourth-order valence-corrected chi connectivity index (χ4v) is 3.85. The van der Waals surface area contributed by atoms with Crippen molar-refractivity contribution < 1.29 is 0 Å². The van der Waals surface area contributed by atoms with Crippen molar-refractivity contribution in [1.29, 1.82) is 0 Å². The lowest BCUT2D eigenvalue weighted by Crippen LogP contribution is -2.54. The predicted molar refractivity (Wildman–Crippen MR) is 83.5 cm³/mol. The number of anilines is 1. The number of rotatable bonds is 1. The van der Waals surface area contributed by atoms with Gasteiger partial charge in [0.1, 0.15) is 0 Å². The van der Waals surface area contributed by atoms with E-state index in [0.717, 1.165) is 22.6 Å². The number of hydrogen-bond donors (Lipinski definition) is 1. The molecule has 1 fully saturated rings. The van der Waals surface area contributed by atoms with E-state index in [0.29, 0.717) is 5.96 Å². The van der Waals surface area contributed by atoms with E-state index < -0.39 is 0 Å². The minimum Gasteiger partial charge on any atom is -0.369 e. The summed E-state index contributed by atoms with van der Waals surface area (Å²) in [7, 11) is 0. The molecule has 1 aromatic carbocycles. The molecule has 1 spiro atoms. The Bertz CT molecular complexity index is 497. The third-order valence-electron chi connectivity index (χ3n) is 4.39. The fourth-order valence-electron chi connectivity index (χ4n) is 3.59. The Kier molecular flexibility index (Phi) is 3.29. The Labute approximate surface area is 123 Å². The van der Waals surface area contributed by atoms with Gasteiger partial charge in [-0.05, 0) is 43.0 Å². The highest BCUT2D eigenvalue weighted by atomic mass is 79.9. The van der Waals surface area contributed by atoms with Crippen LogP contribution in [0.1, 0.15) is 32.6 Å². The van der Waals surface area contributed by atoms with Gasteiger partial charge < -0.3 is 10.6 Å².